The summed E-state index contributed by atoms with van der Waals surface area (Å²) in [6.07, 6.45) is -0.179. The van der Waals surface area contributed by atoms with Gasteiger partial charge in [-0.1, -0.05) is 23.4 Å². The van der Waals surface area contributed by atoms with Gasteiger partial charge in [-0.05, 0) is 26.8 Å². The maximum atomic E-state index is 13.7. The predicted octanol–water partition coefficient (Wildman–Crippen LogP) is 4.30. The first-order valence-corrected chi connectivity index (χ1v) is 7.96. The molecular formula is C15H19FN2O2S. The van der Waals surface area contributed by atoms with Crippen LogP contribution in [0.15, 0.2) is 28.8 Å². The van der Waals surface area contributed by atoms with Gasteiger partial charge in [0.05, 0.1) is 5.75 Å². The first kappa shape index (κ1) is 16.0. The van der Waals surface area contributed by atoms with Gasteiger partial charge in [0.25, 0.3) is 0 Å². The van der Waals surface area contributed by atoms with E-state index in [0.29, 0.717) is 29.6 Å². The van der Waals surface area contributed by atoms with Gasteiger partial charge in [0.2, 0.25) is 5.89 Å². The lowest BCUT2D eigenvalue weighted by Gasteiger charge is -2.10. The number of hydrogen-bond donors (Lipinski definition) is 0. The molecule has 2 aromatic rings. The highest BCUT2D eigenvalue weighted by Gasteiger charge is 2.16. The Balaban J connectivity index is 1.93. The molecule has 0 unspecified atom stereocenters. The summed E-state index contributed by atoms with van der Waals surface area (Å²) in [4.78, 5) is 4.30. The molecule has 0 bridgehead atoms. The van der Waals surface area contributed by atoms with Crippen LogP contribution >= 0.6 is 11.8 Å². The fraction of sp³-hybridized carbons (Fsp3) is 0.467. The molecule has 114 valence electrons. The lowest BCUT2D eigenvalue weighted by atomic mass is 10.1. The summed E-state index contributed by atoms with van der Waals surface area (Å²) in [7, 11) is 0. The van der Waals surface area contributed by atoms with Crippen LogP contribution in [0, 0.1) is 5.82 Å². The molecule has 4 nitrogen and oxygen atoms in total. The van der Waals surface area contributed by atoms with E-state index in [1.54, 1.807) is 23.9 Å². The van der Waals surface area contributed by atoms with Crippen LogP contribution in [0.4, 0.5) is 4.39 Å². The fourth-order valence-electron chi connectivity index (χ4n) is 1.91. The number of hydrogen-bond acceptors (Lipinski definition) is 5. The van der Waals surface area contributed by atoms with E-state index in [1.807, 2.05) is 26.8 Å². The van der Waals surface area contributed by atoms with Gasteiger partial charge in [-0.2, -0.15) is 4.98 Å². The second-order valence-corrected chi connectivity index (χ2v) is 5.95. The third kappa shape index (κ3) is 4.28. The molecule has 0 amide bonds. The van der Waals surface area contributed by atoms with E-state index in [0.717, 1.165) is 0 Å². The number of nitrogens with zero attached hydrogens (tertiary/aromatic N) is 2. The minimum atomic E-state index is -0.186. The van der Waals surface area contributed by atoms with Crippen LogP contribution in [0.2, 0.25) is 0 Å². The number of thioether (sulfide) groups is 1. The molecule has 0 spiro atoms. The van der Waals surface area contributed by atoms with E-state index in [9.17, 15) is 4.39 Å². The average Bonchev–Trinajstić information content (AvgIpc) is 2.94. The molecule has 0 aliphatic rings. The highest BCUT2D eigenvalue weighted by Crippen LogP contribution is 2.32. The number of aromatic nitrogens is 2. The number of ether oxygens (including phenoxy) is 1. The van der Waals surface area contributed by atoms with Crippen molar-refractivity contribution in [3.8, 4) is 0 Å². The van der Waals surface area contributed by atoms with E-state index in [2.05, 4.69) is 10.1 Å². The minimum absolute atomic E-state index is 0.0193. The van der Waals surface area contributed by atoms with Crippen molar-refractivity contribution in [1.29, 1.82) is 0 Å². The molecule has 2 rings (SSSR count). The van der Waals surface area contributed by atoms with Gasteiger partial charge in [-0.25, -0.2) is 4.39 Å². The Morgan fingerprint density at radius 1 is 1.33 bits per heavy atom. The molecule has 0 aliphatic heterocycles. The number of benzene rings is 1. The van der Waals surface area contributed by atoms with Gasteiger partial charge in [-0.3, -0.25) is 0 Å². The van der Waals surface area contributed by atoms with E-state index in [4.69, 9.17) is 9.26 Å². The van der Waals surface area contributed by atoms with Crippen molar-refractivity contribution in [2.75, 3.05) is 6.61 Å². The quantitative estimate of drug-likeness (QED) is 0.763. The second kappa shape index (κ2) is 7.56. The van der Waals surface area contributed by atoms with Crippen molar-refractivity contribution in [3.05, 3.63) is 47.4 Å². The Hall–Kier alpha value is -1.40. The van der Waals surface area contributed by atoms with Crippen LogP contribution in [-0.2, 0) is 10.5 Å². The third-order valence-electron chi connectivity index (χ3n) is 3.06. The Morgan fingerprint density at radius 2 is 2.10 bits per heavy atom. The van der Waals surface area contributed by atoms with Crippen molar-refractivity contribution in [1.82, 2.24) is 10.1 Å². The van der Waals surface area contributed by atoms with E-state index >= 15 is 0 Å². The lowest BCUT2D eigenvalue weighted by molar-refractivity contribution is 0.0683. The Bertz CT molecular complexity index is 576. The highest BCUT2D eigenvalue weighted by molar-refractivity contribution is 7.98. The summed E-state index contributed by atoms with van der Waals surface area (Å²) in [5, 5.41) is 3.92. The highest BCUT2D eigenvalue weighted by atomic mass is 32.2. The maximum absolute atomic E-state index is 13.7. The smallest absolute Gasteiger partial charge is 0.236 e. The first-order chi connectivity index (χ1) is 10.1. The Labute approximate surface area is 128 Å². The van der Waals surface area contributed by atoms with Crippen LogP contribution < -0.4 is 0 Å². The van der Waals surface area contributed by atoms with Gasteiger partial charge in [0.15, 0.2) is 5.82 Å². The normalized spacial score (nSPS) is 14.1. The summed E-state index contributed by atoms with van der Waals surface area (Å²) in [6, 6.07) is 6.80. The van der Waals surface area contributed by atoms with Gasteiger partial charge >= 0.3 is 0 Å². The molecule has 6 heteroatoms. The molecule has 1 heterocycles. The molecule has 2 atom stereocenters. The van der Waals surface area contributed by atoms with Crippen molar-refractivity contribution in [3.63, 3.8) is 0 Å². The van der Waals surface area contributed by atoms with Crippen LogP contribution in [-0.4, -0.2) is 16.7 Å². The third-order valence-corrected chi connectivity index (χ3v) is 4.23. The number of halogens is 1. The molecule has 1 aromatic heterocycles. The van der Waals surface area contributed by atoms with Gasteiger partial charge in [0, 0.05) is 17.4 Å². The summed E-state index contributed by atoms with van der Waals surface area (Å²) in [6.45, 7) is 6.37. The molecular weight excluding hydrogens is 291 g/mol. The molecule has 0 saturated heterocycles. The summed E-state index contributed by atoms with van der Waals surface area (Å²) in [5.74, 6) is 1.44. The van der Waals surface area contributed by atoms with Crippen molar-refractivity contribution in [2.24, 2.45) is 0 Å². The fourth-order valence-corrected chi connectivity index (χ4v) is 2.79. The summed E-state index contributed by atoms with van der Waals surface area (Å²) < 4.78 is 24.3. The topological polar surface area (TPSA) is 48.2 Å². The summed E-state index contributed by atoms with van der Waals surface area (Å²) >= 11 is 1.56. The Kier molecular flexibility index (Phi) is 5.76. The van der Waals surface area contributed by atoms with Gasteiger partial charge in [0.1, 0.15) is 11.9 Å². The molecule has 0 N–H and O–H groups in total. The largest absolute Gasteiger partial charge is 0.371 e. The van der Waals surface area contributed by atoms with E-state index < -0.39 is 0 Å². The van der Waals surface area contributed by atoms with Crippen LogP contribution in [0.3, 0.4) is 0 Å². The average molecular weight is 310 g/mol. The van der Waals surface area contributed by atoms with E-state index in [1.165, 1.54) is 6.07 Å². The van der Waals surface area contributed by atoms with Crippen LogP contribution in [0.1, 0.15) is 49.4 Å². The molecule has 0 radical (unpaired) electrons. The molecule has 0 aliphatic carbocycles. The Morgan fingerprint density at radius 3 is 2.81 bits per heavy atom. The van der Waals surface area contributed by atoms with Crippen molar-refractivity contribution in [2.45, 2.75) is 37.9 Å². The zero-order valence-electron chi connectivity index (χ0n) is 12.4. The summed E-state index contributed by atoms with van der Waals surface area (Å²) in [5.41, 5.74) is 0.685. The number of rotatable bonds is 7. The van der Waals surface area contributed by atoms with Crippen LogP contribution in [0.25, 0.3) is 0 Å². The second-order valence-electron chi connectivity index (χ2n) is 4.62. The van der Waals surface area contributed by atoms with Crippen LogP contribution in [0.5, 0.6) is 0 Å². The van der Waals surface area contributed by atoms with Gasteiger partial charge < -0.3 is 9.26 Å². The molecule has 1 aromatic carbocycles. The van der Waals surface area contributed by atoms with E-state index in [-0.39, 0.29) is 17.2 Å². The zero-order chi connectivity index (χ0) is 15.2. The maximum Gasteiger partial charge on any atom is 0.236 e. The molecule has 21 heavy (non-hydrogen) atoms. The standard InChI is InChI=1S/C15H19FN2O2S/c1-4-19-10(2)15-17-14(20-18-15)9-21-11(3)12-7-5-6-8-13(12)16/h5-8,10-11H,4,9H2,1-3H3/t10-,11+/m0/s1. The van der Waals surface area contributed by atoms with Crippen molar-refractivity contribution < 1.29 is 13.7 Å². The predicted molar refractivity (Wildman–Crippen MR) is 80.4 cm³/mol. The SMILES string of the molecule is CCO[C@@H](C)c1noc(CS[C@H](C)c2ccccc2F)n1. The lowest BCUT2D eigenvalue weighted by Crippen LogP contribution is -2.01. The first-order valence-electron chi connectivity index (χ1n) is 6.92. The van der Waals surface area contributed by atoms with Crippen molar-refractivity contribution >= 4 is 11.8 Å². The van der Waals surface area contributed by atoms with Gasteiger partial charge in [-0.15, -0.1) is 11.8 Å². The molecule has 0 fully saturated rings. The minimum Gasteiger partial charge on any atom is -0.371 e. The zero-order valence-corrected chi connectivity index (χ0v) is 13.2. The monoisotopic (exact) mass is 310 g/mol. The molecule has 0 saturated carbocycles.